The maximum Gasteiger partial charge on any atom is 0.240 e. The van der Waals surface area contributed by atoms with Crippen molar-refractivity contribution in [1.29, 1.82) is 0 Å². The van der Waals surface area contributed by atoms with E-state index in [-0.39, 0.29) is 5.91 Å². The fourth-order valence-electron chi connectivity index (χ4n) is 4.63. The van der Waals surface area contributed by atoms with E-state index in [2.05, 4.69) is 17.5 Å². The number of hydrazone groups is 1. The third kappa shape index (κ3) is 15.9. The third-order valence-electron chi connectivity index (χ3n) is 6.99. The summed E-state index contributed by atoms with van der Waals surface area (Å²) in [6.07, 6.45) is 21.9. The van der Waals surface area contributed by atoms with Gasteiger partial charge in [0.05, 0.1) is 12.8 Å². The van der Waals surface area contributed by atoms with E-state index < -0.39 is 0 Å². The molecule has 0 aliphatic heterocycles. The van der Waals surface area contributed by atoms with Crippen LogP contribution < -0.4 is 14.9 Å². The van der Waals surface area contributed by atoms with E-state index in [0.29, 0.717) is 36.2 Å². The van der Waals surface area contributed by atoms with Crippen LogP contribution >= 0.6 is 11.6 Å². The van der Waals surface area contributed by atoms with Crippen LogP contribution in [0.1, 0.15) is 128 Å². The minimum Gasteiger partial charge on any atom is -0.490 e. The van der Waals surface area contributed by atoms with Crippen molar-refractivity contribution in [3.8, 4) is 11.5 Å². The largest absolute Gasteiger partial charge is 0.490 e. The van der Waals surface area contributed by atoms with Crippen LogP contribution in [0.5, 0.6) is 11.5 Å². The number of rotatable bonds is 23. The first-order chi connectivity index (χ1) is 19.6. The van der Waals surface area contributed by atoms with Gasteiger partial charge < -0.3 is 9.47 Å². The average molecular weight is 571 g/mol. The average Bonchev–Trinajstić information content (AvgIpc) is 2.95. The van der Waals surface area contributed by atoms with E-state index >= 15 is 0 Å². The maximum absolute atomic E-state index is 12.2. The van der Waals surface area contributed by atoms with Gasteiger partial charge in [-0.05, 0) is 54.8 Å². The molecule has 0 aromatic heterocycles. The zero-order valence-electron chi connectivity index (χ0n) is 24.9. The van der Waals surface area contributed by atoms with Crippen molar-refractivity contribution in [3.63, 3.8) is 0 Å². The molecular formula is C34H51ClN2O3. The van der Waals surface area contributed by atoms with Gasteiger partial charge in [-0.2, -0.15) is 5.10 Å². The zero-order chi connectivity index (χ0) is 28.7. The number of nitrogens with one attached hydrogen (secondary N) is 1. The predicted molar refractivity (Wildman–Crippen MR) is 169 cm³/mol. The molecular weight excluding hydrogens is 520 g/mol. The van der Waals surface area contributed by atoms with Crippen LogP contribution in [0.3, 0.4) is 0 Å². The molecule has 2 rings (SSSR count). The minimum atomic E-state index is -0.0427. The molecule has 1 N–H and O–H groups in total. The number of nitrogens with zero attached hydrogens (tertiary/aromatic N) is 1. The van der Waals surface area contributed by atoms with E-state index in [1.807, 2.05) is 49.4 Å². The Kier molecular flexibility index (Phi) is 18.7. The van der Waals surface area contributed by atoms with Crippen molar-refractivity contribution >= 4 is 23.7 Å². The summed E-state index contributed by atoms with van der Waals surface area (Å²) in [6.45, 7) is 5.15. The van der Waals surface area contributed by atoms with Gasteiger partial charge in [-0.1, -0.05) is 121 Å². The Hall–Kier alpha value is -2.53. The molecule has 6 heteroatoms. The van der Waals surface area contributed by atoms with Crippen LogP contribution in [-0.4, -0.2) is 18.7 Å². The lowest BCUT2D eigenvalue weighted by Gasteiger charge is -2.12. The van der Waals surface area contributed by atoms with Gasteiger partial charge in [-0.15, -0.1) is 0 Å². The van der Waals surface area contributed by atoms with Crippen LogP contribution in [0.4, 0.5) is 0 Å². The number of unbranched alkanes of at least 4 members (excludes halogenated alkanes) is 14. The SMILES string of the molecule is CCCCCCCCCCCCCCCCCC(=O)NN=Cc1ccc(OCc2ccc(Cl)cc2)c(OCC)c1. The van der Waals surface area contributed by atoms with Crippen molar-refractivity contribution < 1.29 is 14.3 Å². The molecule has 1 amide bonds. The second-order valence-corrected chi connectivity index (χ2v) is 11.0. The lowest BCUT2D eigenvalue weighted by molar-refractivity contribution is -0.121. The Labute approximate surface area is 248 Å². The number of halogens is 1. The third-order valence-corrected chi connectivity index (χ3v) is 7.24. The highest BCUT2D eigenvalue weighted by atomic mass is 35.5. The predicted octanol–water partition coefficient (Wildman–Crippen LogP) is 10.0. The summed E-state index contributed by atoms with van der Waals surface area (Å²) in [5.74, 6) is 1.26. The number of carbonyl (C=O) groups is 1. The van der Waals surface area contributed by atoms with Gasteiger partial charge >= 0.3 is 0 Å². The molecule has 0 saturated carbocycles. The summed E-state index contributed by atoms with van der Waals surface area (Å²) in [5.41, 5.74) is 4.50. The molecule has 5 nitrogen and oxygen atoms in total. The highest BCUT2D eigenvalue weighted by Crippen LogP contribution is 2.29. The molecule has 0 aliphatic carbocycles. The van der Waals surface area contributed by atoms with E-state index in [1.54, 1.807) is 6.21 Å². The van der Waals surface area contributed by atoms with E-state index in [9.17, 15) is 4.79 Å². The Bertz CT molecular complexity index is 962. The summed E-state index contributed by atoms with van der Waals surface area (Å²) in [5, 5.41) is 4.83. The van der Waals surface area contributed by atoms with Gasteiger partial charge in [0.15, 0.2) is 11.5 Å². The zero-order valence-corrected chi connectivity index (χ0v) is 25.7. The molecule has 0 aliphatic rings. The Morgan fingerprint density at radius 1 is 0.750 bits per heavy atom. The first-order valence-electron chi connectivity index (χ1n) is 15.6. The second kappa shape index (κ2) is 22.2. The van der Waals surface area contributed by atoms with Gasteiger partial charge in [-0.3, -0.25) is 4.79 Å². The van der Waals surface area contributed by atoms with Crippen LogP contribution in [-0.2, 0) is 11.4 Å². The number of amides is 1. The van der Waals surface area contributed by atoms with Crippen molar-refractivity contribution in [2.75, 3.05) is 6.61 Å². The number of ether oxygens (including phenoxy) is 2. The highest BCUT2D eigenvalue weighted by molar-refractivity contribution is 6.30. The molecule has 0 atom stereocenters. The monoisotopic (exact) mass is 570 g/mol. The summed E-state index contributed by atoms with van der Waals surface area (Å²) in [7, 11) is 0. The second-order valence-electron chi connectivity index (χ2n) is 10.5. The number of benzene rings is 2. The van der Waals surface area contributed by atoms with Gasteiger partial charge in [0, 0.05) is 11.4 Å². The molecule has 0 bridgehead atoms. The van der Waals surface area contributed by atoms with Gasteiger partial charge in [0.25, 0.3) is 0 Å². The first kappa shape index (κ1) is 33.7. The molecule has 40 heavy (non-hydrogen) atoms. The smallest absolute Gasteiger partial charge is 0.240 e. The van der Waals surface area contributed by atoms with Crippen LogP contribution in [0.25, 0.3) is 0 Å². The Balaban J connectivity index is 1.54. The highest BCUT2D eigenvalue weighted by Gasteiger charge is 2.07. The standard InChI is InChI=1S/C34H51ClN2O3/c1-3-5-6-7-8-9-10-11-12-13-14-15-16-17-18-19-34(38)37-36-27-30-22-25-32(33(26-30)39-4-2)40-28-29-20-23-31(35)24-21-29/h20-27H,3-19,28H2,1-2H3,(H,37,38). The van der Waals surface area contributed by atoms with E-state index in [4.69, 9.17) is 21.1 Å². The van der Waals surface area contributed by atoms with Crippen LogP contribution in [0.15, 0.2) is 47.6 Å². The molecule has 0 fully saturated rings. The summed E-state index contributed by atoms with van der Waals surface area (Å²) >= 11 is 5.95. The van der Waals surface area contributed by atoms with Crippen molar-refractivity contribution in [2.24, 2.45) is 5.10 Å². The van der Waals surface area contributed by atoms with E-state index in [0.717, 1.165) is 24.0 Å². The molecule has 2 aromatic carbocycles. The first-order valence-corrected chi connectivity index (χ1v) is 16.0. The van der Waals surface area contributed by atoms with Gasteiger partial charge in [0.1, 0.15) is 6.61 Å². The molecule has 0 spiro atoms. The molecule has 0 unspecified atom stereocenters. The van der Waals surface area contributed by atoms with Crippen LogP contribution in [0, 0.1) is 0 Å². The summed E-state index contributed by atoms with van der Waals surface area (Å²) in [6, 6.07) is 13.2. The van der Waals surface area contributed by atoms with Gasteiger partial charge in [-0.25, -0.2) is 5.43 Å². The number of carbonyl (C=O) groups excluding carboxylic acids is 1. The fraction of sp³-hybridized carbons (Fsp3) is 0.588. The topological polar surface area (TPSA) is 59.9 Å². The summed E-state index contributed by atoms with van der Waals surface area (Å²) in [4.78, 5) is 12.2. The van der Waals surface area contributed by atoms with Crippen molar-refractivity contribution in [3.05, 3.63) is 58.6 Å². The molecule has 2 aromatic rings. The molecule has 0 saturated heterocycles. The minimum absolute atomic E-state index is 0.0427. The lowest BCUT2D eigenvalue weighted by Crippen LogP contribution is -2.16. The van der Waals surface area contributed by atoms with Crippen molar-refractivity contribution in [1.82, 2.24) is 5.43 Å². The van der Waals surface area contributed by atoms with E-state index in [1.165, 1.54) is 83.5 Å². The van der Waals surface area contributed by atoms with Crippen molar-refractivity contribution in [2.45, 2.75) is 123 Å². The normalized spacial score (nSPS) is 11.2. The quantitative estimate of drug-likeness (QED) is 0.0821. The Morgan fingerprint density at radius 3 is 1.90 bits per heavy atom. The number of hydrogen-bond donors (Lipinski definition) is 1. The fourth-order valence-corrected chi connectivity index (χ4v) is 4.75. The lowest BCUT2D eigenvalue weighted by atomic mass is 10.0. The van der Waals surface area contributed by atoms with Crippen LogP contribution in [0.2, 0.25) is 5.02 Å². The molecule has 0 heterocycles. The number of hydrogen-bond acceptors (Lipinski definition) is 4. The van der Waals surface area contributed by atoms with Gasteiger partial charge in [0.2, 0.25) is 5.91 Å². The Morgan fingerprint density at radius 2 is 1.32 bits per heavy atom. The summed E-state index contributed by atoms with van der Waals surface area (Å²) < 4.78 is 11.7. The maximum atomic E-state index is 12.2. The molecule has 222 valence electrons. The molecule has 0 radical (unpaired) electrons.